The van der Waals surface area contributed by atoms with Crippen LogP contribution in [0.15, 0.2) is 77.3 Å². The van der Waals surface area contributed by atoms with Gasteiger partial charge in [-0.25, -0.2) is 0 Å². The summed E-state index contributed by atoms with van der Waals surface area (Å²) in [5, 5.41) is 15.3. The Morgan fingerprint density at radius 2 is 1.79 bits per heavy atom. The third-order valence-electron chi connectivity index (χ3n) is 4.34. The van der Waals surface area contributed by atoms with Crippen LogP contribution in [0.2, 0.25) is 0 Å². The summed E-state index contributed by atoms with van der Waals surface area (Å²) >= 11 is 0. The van der Waals surface area contributed by atoms with Crippen LogP contribution in [0.4, 0.5) is 5.69 Å². The van der Waals surface area contributed by atoms with Crippen molar-refractivity contribution in [1.29, 1.82) is 0 Å². The van der Waals surface area contributed by atoms with Gasteiger partial charge in [0.05, 0.1) is 4.92 Å². The minimum absolute atomic E-state index is 0.0504. The summed E-state index contributed by atoms with van der Waals surface area (Å²) in [5.74, 6) is 1.14. The molecule has 0 fully saturated rings. The summed E-state index contributed by atoms with van der Waals surface area (Å²) in [7, 11) is 0. The molecule has 0 aliphatic rings. The Morgan fingerprint density at radius 1 is 1.00 bits per heavy atom. The van der Waals surface area contributed by atoms with Crippen molar-refractivity contribution in [2.24, 2.45) is 0 Å². The van der Waals surface area contributed by atoms with E-state index in [-0.39, 0.29) is 18.0 Å². The molecule has 0 saturated heterocycles. The number of benzene rings is 3. The zero-order chi connectivity index (χ0) is 20.2. The molecule has 0 N–H and O–H groups in total. The highest BCUT2D eigenvalue weighted by Gasteiger charge is 2.16. The number of nitrogens with zero attached hydrogens (tertiary/aromatic N) is 3. The first-order valence-corrected chi connectivity index (χ1v) is 8.96. The monoisotopic (exact) mass is 387 g/mol. The smallest absolute Gasteiger partial charge is 0.311 e. The van der Waals surface area contributed by atoms with Gasteiger partial charge in [-0.1, -0.05) is 53.7 Å². The Kier molecular flexibility index (Phi) is 5.03. The summed E-state index contributed by atoms with van der Waals surface area (Å²) in [5.41, 5.74) is 3.20. The molecule has 4 rings (SSSR count). The Labute approximate surface area is 166 Å². The topological polar surface area (TPSA) is 91.3 Å². The van der Waals surface area contributed by atoms with E-state index in [1.807, 2.05) is 54.6 Å². The van der Waals surface area contributed by atoms with E-state index in [4.69, 9.17) is 9.26 Å². The van der Waals surface area contributed by atoms with Crippen LogP contribution in [0, 0.1) is 17.0 Å². The highest BCUT2D eigenvalue weighted by Crippen LogP contribution is 2.29. The highest BCUT2D eigenvalue weighted by molar-refractivity contribution is 5.60. The fourth-order valence-electron chi connectivity index (χ4n) is 2.89. The van der Waals surface area contributed by atoms with Gasteiger partial charge in [0.25, 0.3) is 5.89 Å². The number of ether oxygens (including phenoxy) is 1. The predicted molar refractivity (Wildman–Crippen MR) is 107 cm³/mol. The first kappa shape index (κ1) is 18.4. The molecular formula is C22H17N3O4. The molecule has 0 aliphatic heterocycles. The van der Waals surface area contributed by atoms with Gasteiger partial charge in [-0.15, -0.1) is 0 Å². The molecule has 0 spiro atoms. The van der Waals surface area contributed by atoms with Gasteiger partial charge in [-0.3, -0.25) is 10.1 Å². The van der Waals surface area contributed by atoms with Gasteiger partial charge in [0, 0.05) is 17.2 Å². The van der Waals surface area contributed by atoms with Gasteiger partial charge < -0.3 is 9.26 Å². The van der Waals surface area contributed by atoms with Crippen LogP contribution < -0.4 is 4.74 Å². The van der Waals surface area contributed by atoms with Crippen molar-refractivity contribution in [1.82, 2.24) is 10.1 Å². The molecular weight excluding hydrogens is 370 g/mol. The molecule has 0 radical (unpaired) electrons. The van der Waals surface area contributed by atoms with Gasteiger partial charge in [0.2, 0.25) is 5.82 Å². The maximum Gasteiger partial charge on any atom is 0.311 e. The maximum atomic E-state index is 11.2. The molecule has 0 amide bonds. The molecule has 0 unspecified atom stereocenters. The van der Waals surface area contributed by atoms with E-state index in [0.717, 1.165) is 22.3 Å². The zero-order valence-electron chi connectivity index (χ0n) is 15.6. The van der Waals surface area contributed by atoms with Crippen LogP contribution in [-0.4, -0.2) is 15.1 Å². The third-order valence-corrected chi connectivity index (χ3v) is 4.34. The number of nitro benzene ring substituents is 1. The summed E-state index contributed by atoms with van der Waals surface area (Å²) in [6, 6.07) is 21.9. The number of hydrogen-bond donors (Lipinski definition) is 0. The Morgan fingerprint density at radius 3 is 2.59 bits per heavy atom. The standard InChI is InChI=1S/C22H17N3O4/c1-15-10-11-20(19(12-15)25(26)27)28-14-16-6-5-9-18(13-16)22-23-21(24-29-22)17-7-3-2-4-8-17/h2-13H,14H2,1H3. The molecule has 0 aliphatic carbocycles. The fourth-order valence-corrected chi connectivity index (χ4v) is 2.89. The van der Waals surface area contributed by atoms with Gasteiger partial charge in [0.15, 0.2) is 5.75 Å². The number of nitro groups is 1. The molecule has 1 aromatic heterocycles. The summed E-state index contributed by atoms with van der Waals surface area (Å²) in [4.78, 5) is 15.2. The van der Waals surface area contributed by atoms with Crippen molar-refractivity contribution < 1.29 is 14.2 Å². The van der Waals surface area contributed by atoms with Crippen LogP contribution >= 0.6 is 0 Å². The lowest BCUT2D eigenvalue weighted by atomic mass is 10.1. The molecule has 4 aromatic rings. The second-order valence-corrected chi connectivity index (χ2v) is 6.51. The molecule has 0 saturated carbocycles. The lowest BCUT2D eigenvalue weighted by molar-refractivity contribution is -0.386. The zero-order valence-corrected chi connectivity index (χ0v) is 15.6. The largest absolute Gasteiger partial charge is 0.482 e. The second kappa shape index (κ2) is 7.93. The number of rotatable bonds is 6. The van der Waals surface area contributed by atoms with E-state index in [2.05, 4.69) is 10.1 Å². The molecule has 29 heavy (non-hydrogen) atoms. The number of aryl methyl sites for hydroxylation is 1. The third kappa shape index (κ3) is 4.14. The van der Waals surface area contributed by atoms with Crippen molar-refractivity contribution in [2.45, 2.75) is 13.5 Å². The van der Waals surface area contributed by atoms with Gasteiger partial charge in [0.1, 0.15) is 6.61 Å². The quantitative estimate of drug-likeness (QED) is 0.334. The van der Waals surface area contributed by atoms with Crippen LogP contribution in [0.5, 0.6) is 5.75 Å². The first-order chi connectivity index (χ1) is 14.1. The van der Waals surface area contributed by atoms with Crippen LogP contribution in [-0.2, 0) is 6.61 Å². The molecule has 7 heteroatoms. The van der Waals surface area contributed by atoms with Crippen molar-refractivity contribution in [3.63, 3.8) is 0 Å². The normalized spacial score (nSPS) is 10.7. The predicted octanol–water partition coefficient (Wildman–Crippen LogP) is 5.20. The lowest BCUT2D eigenvalue weighted by Crippen LogP contribution is -1.99. The Hall–Kier alpha value is -4.00. The Bertz CT molecular complexity index is 1160. The van der Waals surface area contributed by atoms with E-state index < -0.39 is 4.92 Å². The van der Waals surface area contributed by atoms with E-state index in [1.165, 1.54) is 6.07 Å². The number of hydrogen-bond acceptors (Lipinski definition) is 6. The number of aromatic nitrogens is 2. The summed E-state index contributed by atoms with van der Waals surface area (Å²) in [6.07, 6.45) is 0. The fraction of sp³-hybridized carbons (Fsp3) is 0.0909. The van der Waals surface area contributed by atoms with Crippen LogP contribution in [0.1, 0.15) is 11.1 Å². The molecule has 1 heterocycles. The first-order valence-electron chi connectivity index (χ1n) is 8.96. The van der Waals surface area contributed by atoms with Gasteiger partial charge >= 0.3 is 5.69 Å². The minimum atomic E-state index is -0.442. The van der Waals surface area contributed by atoms with E-state index in [1.54, 1.807) is 19.1 Å². The SMILES string of the molecule is Cc1ccc(OCc2cccc(-c3nc(-c4ccccc4)no3)c2)c([N+](=O)[O-])c1. The average Bonchev–Trinajstić information content (AvgIpc) is 3.24. The summed E-state index contributed by atoms with van der Waals surface area (Å²) in [6.45, 7) is 1.98. The van der Waals surface area contributed by atoms with E-state index in [0.29, 0.717) is 11.7 Å². The molecule has 144 valence electrons. The molecule has 0 atom stereocenters. The second-order valence-electron chi connectivity index (χ2n) is 6.51. The van der Waals surface area contributed by atoms with E-state index >= 15 is 0 Å². The summed E-state index contributed by atoms with van der Waals surface area (Å²) < 4.78 is 11.1. The molecule has 0 bridgehead atoms. The van der Waals surface area contributed by atoms with Crippen LogP contribution in [0.25, 0.3) is 22.8 Å². The van der Waals surface area contributed by atoms with Crippen molar-refractivity contribution >= 4 is 5.69 Å². The average molecular weight is 387 g/mol. The Balaban J connectivity index is 1.53. The maximum absolute atomic E-state index is 11.2. The van der Waals surface area contributed by atoms with Crippen molar-refractivity contribution in [2.75, 3.05) is 0 Å². The van der Waals surface area contributed by atoms with Gasteiger partial charge in [-0.05, 0) is 36.2 Å². The van der Waals surface area contributed by atoms with E-state index in [9.17, 15) is 10.1 Å². The van der Waals surface area contributed by atoms with Crippen LogP contribution in [0.3, 0.4) is 0 Å². The minimum Gasteiger partial charge on any atom is -0.482 e. The van der Waals surface area contributed by atoms with Crippen molar-refractivity contribution in [3.05, 3.63) is 94.0 Å². The lowest BCUT2D eigenvalue weighted by Gasteiger charge is -2.08. The molecule has 3 aromatic carbocycles. The van der Waals surface area contributed by atoms with Crippen molar-refractivity contribution in [3.8, 4) is 28.6 Å². The molecule has 7 nitrogen and oxygen atoms in total. The van der Waals surface area contributed by atoms with Gasteiger partial charge in [-0.2, -0.15) is 4.98 Å². The highest BCUT2D eigenvalue weighted by atomic mass is 16.6.